The summed E-state index contributed by atoms with van der Waals surface area (Å²) in [5.74, 6) is -0.902. The molecule has 2 heterocycles. The normalized spacial score (nSPS) is 22.1. The second kappa shape index (κ2) is 8.61. The summed E-state index contributed by atoms with van der Waals surface area (Å²) in [5, 5.41) is 0. The van der Waals surface area contributed by atoms with Gasteiger partial charge in [-0.1, -0.05) is 12.5 Å². The highest BCUT2D eigenvalue weighted by atomic mass is 32.2. The molecule has 154 valence electrons. The van der Waals surface area contributed by atoms with Crippen LogP contribution in [-0.4, -0.2) is 61.3 Å². The van der Waals surface area contributed by atoms with Crippen LogP contribution in [0.2, 0.25) is 0 Å². The molecule has 0 aromatic heterocycles. The highest BCUT2D eigenvalue weighted by Crippen LogP contribution is 2.25. The fraction of sp³-hybridized carbons (Fsp3) is 0.600. The van der Waals surface area contributed by atoms with Crippen molar-refractivity contribution in [1.29, 1.82) is 0 Å². The summed E-state index contributed by atoms with van der Waals surface area (Å²) in [6, 6.07) is 5.81. The average molecular weight is 409 g/mol. The molecule has 0 radical (unpaired) electrons. The van der Waals surface area contributed by atoms with E-state index >= 15 is 0 Å². The van der Waals surface area contributed by atoms with Crippen LogP contribution in [0.3, 0.4) is 0 Å². The molecule has 0 spiro atoms. The van der Waals surface area contributed by atoms with Gasteiger partial charge in [0, 0.05) is 25.7 Å². The standard InChI is InChI=1S/C20H28N2O5S/c1-15-8-3-4-13-22(15)28(25,26)18-10-7-9-17(14-18)20(24)27-16(2)19(23)21-11-5-6-12-21/h7,9-10,14-16H,3-6,8,11-13H2,1-2H3/t15-,16+/m1/s1. The molecule has 8 heteroatoms. The SMILES string of the molecule is C[C@H](OC(=O)c1cccc(S(=O)(=O)N2CCCC[C@H]2C)c1)C(=O)N1CCCC1. The van der Waals surface area contributed by atoms with E-state index in [-0.39, 0.29) is 22.4 Å². The molecule has 1 aromatic rings. The Morgan fingerprint density at radius 3 is 2.46 bits per heavy atom. The molecular formula is C20H28N2O5S. The highest BCUT2D eigenvalue weighted by molar-refractivity contribution is 7.89. The Balaban J connectivity index is 1.73. The summed E-state index contributed by atoms with van der Waals surface area (Å²) in [6.07, 6.45) is 3.71. The molecule has 0 bridgehead atoms. The number of hydrogen-bond donors (Lipinski definition) is 0. The van der Waals surface area contributed by atoms with E-state index in [1.807, 2.05) is 6.92 Å². The number of rotatable bonds is 5. The average Bonchev–Trinajstić information content (AvgIpc) is 3.22. The zero-order valence-electron chi connectivity index (χ0n) is 16.5. The number of esters is 1. The number of carbonyl (C=O) groups is 2. The largest absolute Gasteiger partial charge is 0.449 e. The first-order valence-electron chi connectivity index (χ1n) is 9.92. The maximum Gasteiger partial charge on any atom is 0.338 e. The molecule has 2 fully saturated rings. The Bertz CT molecular complexity index is 833. The summed E-state index contributed by atoms with van der Waals surface area (Å²) >= 11 is 0. The molecule has 3 rings (SSSR count). The number of carbonyl (C=O) groups excluding carboxylic acids is 2. The van der Waals surface area contributed by atoms with E-state index < -0.39 is 22.1 Å². The van der Waals surface area contributed by atoms with Gasteiger partial charge in [-0.3, -0.25) is 4.79 Å². The van der Waals surface area contributed by atoms with E-state index in [1.165, 1.54) is 28.6 Å². The maximum absolute atomic E-state index is 13.0. The first-order valence-corrected chi connectivity index (χ1v) is 11.4. The lowest BCUT2D eigenvalue weighted by molar-refractivity contribution is -0.138. The van der Waals surface area contributed by atoms with E-state index in [0.717, 1.165) is 32.1 Å². The van der Waals surface area contributed by atoms with Gasteiger partial charge in [-0.15, -0.1) is 0 Å². The molecule has 0 saturated carbocycles. The lowest BCUT2D eigenvalue weighted by Crippen LogP contribution is -2.42. The van der Waals surface area contributed by atoms with Crippen molar-refractivity contribution < 1.29 is 22.7 Å². The molecule has 0 unspecified atom stereocenters. The Hall–Kier alpha value is -1.93. The lowest BCUT2D eigenvalue weighted by atomic mass is 10.1. The van der Waals surface area contributed by atoms with Crippen molar-refractivity contribution in [3.63, 3.8) is 0 Å². The third-order valence-corrected chi connectivity index (χ3v) is 7.48. The minimum absolute atomic E-state index is 0.0625. The number of benzene rings is 1. The van der Waals surface area contributed by atoms with Crippen LogP contribution in [-0.2, 0) is 19.6 Å². The van der Waals surface area contributed by atoms with Crippen LogP contribution in [0.5, 0.6) is 0 Å². The van der Waals surface area contributed by atoms with Gasteiger partial charge < -0.3 is 9.64 Å². The van der Waals surface area contributed by atoms with Crippen LogP contribution in [0, 0.1) is 0 Å². The van der Waals surface area contributed by atoms with Crippen LogP contribution < -0.4 is 0 Å². The minimum Gasteiger partial charge on any atom is -0.449 e. The monoisotopic (exact) mass is 408 g/mol. The molecule has 2 aliphatic heterocycles. The zero-order valence-corrected chi connectivity index (χ0v) is 17.3. The Morgan fingerprint density at radius 2 is 1.79 bits per heavy atom. The molecule has 28 heavy (non-hydrogen) atoms. The zero-order chi connectivity index (χ0) is 20.3. The van der Waals surface area contributed by atoms with Crippen molar-refractivity contribution in [3.8, 4) is 0 Å². The molecule has 2 saturated heterocycles. The highest BCUT2D eigenvalue weighted by Gasteiger charge is 2.32. The lowest BCUT2D eigenvalue weighted by Gasteiger charge is -2.32. The number of hydrogen-bond acceptors (Lipinski definition) is 5. The molecule has 1 aromatic carbocycles. The second-order valence-corrected chi connectivity index (χ2v) is 9.46. The van der Waals surface area contributed by atoms with Crippen molar-refractivity contribution in [1.82, 2.24) is 9.21 Å². The van der Waals surface area contributed by atoms with Crippen LogP contribution in [0.25, 0.3) is 0 Å². The predicted octanol–water partition coefficient (Wildman–Crippen LogP) is 2.42. The third-order valence-electron chi connectivity index (χ3n) is 5.47. The predicted molar refractivity (Wildman–Crippen MR) is 104 cm³/mol. The Labute approximate surface area is 166 Å². The number of amides is 1. The number of nitrogens with zero attached hydrogens (tertiary/aromatic N) is 2. The van der Waals surface area contributed by atoms with E-state index in [0.29, 0.717) is 19.6 Å². The molecular weight excluding hydrogens is 380 g/mol. The summed E-state index contributed by atoms with van der Waals surface area (Å²) in [7, 11) is -3.67. The van der Waals surface area contributed by atoms with Crippen LogP contribution >= 0.6 is 0 Å². The number of piperidine rings is 1. The summed E-state index contributed by atoms with van der Waals surface area (Å²) in [5.41, 5.74) is 0.131. The van der Waals surface area contributed by atoms with Gasteiger partial charge in [0.2, 0.25) is 10.0 Å². The van der Waals surface area contributed by atoms with Crippen molar-refractivity contribution in [2.75, 3.05) is 19.6 Å². The molecule has 1 amide bonds. The van der Waals surface area contributed by atoms with Gasteiger partial charge in [0.05, 0.1) is 10.5 Å². The molecule has 0 N–H and O–H groups in total. The van der Waals surface area contributed by atoms with Gasteiger partial charge in [-0.25, -0.2) is 13.2 Å². The summed E-state index contributed by atoms with van der Waals surface area (Å²) in [6.45, 7) is 5.31. The van der Waals surface area contributed by atoms with E-state index in [9.17, 15) is 18.0 Å². The van der Waals surface area contributed by atoms with E-state index in [4.69, 9.17) is 4.74 Å². The number of sulfonamides is 1. The quantitative estimate of drug-likeness (QED) is 0.699. The topological polar surface area (TPSA) is 84.0 Å². The van der Waals surface area contributed by atoms with Crippen LogP contribution in [0.15, 0.2) is 29.2 Å². The molecule has 0 aliphatic carbocycles. The maximum atomic E-state index is 13.0. The van der Waals surface area contributed by atoms with Gasteiger partial charge >= 0.3 is 5.97 Å². The van der Waals surface area contributed by atoms with Gasteiger partial charge in [-0.2, -0.15) is 4.31 Å². The summed E-state index contributed by atoms with van der Waals surface area (Å²) < 4.78 is 32.8. The molecule has 2 aliphatic rings. The van der Waals surface area contributed by atoms with E-state index in [2.05, 4.69) is 0 Å². The van der Waals surface area contributed by atoms with E-state index in [1.54, 1.807) is 11.8 Å². The van der Waals surface area contributed by atoms with Gasteiger partial charge in [0.15, 0.2) is 6.10 Å². The first-order chi connectivity index (χ1) is 13.3. The van der Waals surface area contributed by atoms with Crippen LogP contribution in [0.4, 0.5) is 0 Å². The van der Waals surface area contributed by atoms with Crippen molar-refractivity contribution in [2.24, 2.45) is 0 Å². The van der Waals surface area contributed by atoms with Crippen molar-refractivity contribution >= 4 is 21.9 Å². The minimum atomic E-state index is -3.67. The Morgan fingerprint density at radius 1 is 1.11 bits per heavy atom. The summed E-state index contributed by atoms with van der Waals surface area (Å²) in [4.78, 5) is 26.6. The number of ether oxygens (including phenoxy) is 1. The van der Waals surface area contributed by atoms with Crippen LogP contribution in [0.1, 0.15) is 56.3 Å². The smallest absolute Gasteiger partial charge is 0.338 e. The number of likely N-dealkylation sites (tertiary alicyclic amines) is 1. The fourth-order valence-corrected chi connectivity index (χ4v) is 5.57. The second-order valence-electron chi connectivity index (χ2n) is 7.57. The third kappa shape index (κ3) is 4.38. The van der Waals surface area contributed by atoms with Crippen molar-refractivity contribution in [3.05, 3.63) is 29.8 Å². The fourth-order valence-electron chi connectivity index (χ4n) is 3.82. The van der Waals surface area contributed by atoms with Gasteiger partial charge in [0.25, 0.3) is 5.91 Å². The van der Waals surface area contributed by atoms with Gasteiger partial charge in [-0.05, 0) is 57.7 Å². The first kappa shape index (κ1) is 20.8. The van der Waals surface area contributed by atoms with Crippen molar-refractivity contribution in [2.45, 2.75) is 63.0 Å². The Kier molecular flexibility index (Phi) is 6.40. The molecule has 2 atom stereocenters. The van der Waals surface area contributed by atoms with Gasteiger partial charge in [0.1, 0.15) is 0 Å². The molecule has 7 nitrogen and oxygen atoms in total.